The van der Waals surface area contributed by atoms with Crippen LogP contribution in [0.25, 0.3) is 0 Å². The Kier molecular flexibility index (Phi) is 6.86. The van der Waals surface area contributed by atoms with Crippen LogP contribution >= 0.6 is 23.2 Å². The maximum atomic E-state index is 11.7. The molecule has 1 amide bonds. The SMILES string of the molecule is O=C1CCC/C(=N/NC(=O)CCCOc2ccc(Cl)cc2Cl)C1. The van der Waals surface area contributed by atoms with Crippen LogP contribution in [0, 0.1) is 0 Å². The van der Waals surface area contributed by atoms with Gasteiger partial charge in [0.25, 0.3) is 0 Å². The molecule has 0 aromatic heterocycles. The fraction of sp³-hybridized carbons (Fsp3) is 0.438. The van der Waals surface area contributed by atoms with Crippen molar-refractivity contribution in [3.05, 3.63) is 28.2 Å². The molecule has 1 N–H and O–H groups in total. The second-order valence-corrected chi connectivity index (χ2v) is 6.15. The van der Waals surface area contributed by atoms with Gasteiger partial charge in [-0.2, -0.15) is 5.10 Å². The van der Waals surface area contributed by atoms with Crippen molar-refractivity contribution in [3.63, 3.8) is 0 Å². The molecular weight excluding hydrogens is 339 g/mol. The van der Waals surface area contributed by atoms with Gasteiger partial charge in [-0.1, -0.05) is 23.2 Å². The molecule has 1 aliphatic rings. The van der Waals surface area contributed by atoms with Gasteiger partial charge < -0.3 is 4.74 Å². The number of nitrogens with one attached hydrogen (secondary N) is 1. The lowest BCUT2D eigenvalue weighted by atomic mass is 9.97. The summed E-state index contributed by atoms with van der Waals surface area (Å²) in [6.07, 6.45) is 3.36. The first kappa shape index (κ1) is 17.8. The van der Waals surface area contributed by atoms with Crippen LogP contribution < -0.4 is 10.2 Å². The highest BCUT2D eigenvalue weighted by atomic mass is 35.5. The zero-order chi connectivity index (χ0) is 16.7. The van der Waals surface area contributed by atoms with Gasteiger partial charge in [-0.3, -0.25) is 9.59 Å². The van der Waals surface area contributed by atoms with Crippen molar-refractivity contribution in [2.75, 3.05) is 6.61 Å². The molecule has 1 aromatic rings. The molecule has 0 atom stereocenters. The van der Waals surface area contributed by atoms with Crippen LogP contribution in [0.1, 0.15) is 38.5 Å². The Labute approximate surface area is 145 Å². The maximum absolute atomic E-state index is 11.7. The predicted octanol–water partition coefficient (Wildman–Crippen LogP) is 3.77. The number of Topliss-reactive ketones (excluding diaryl/α,β-unsaturated/α-hetero) is 1. The molecule has 5 nitrogen and oxygen atoms in total. The number of carbonyl (C=O) groups is 2. The summed E-state index contributed by atoms with van der Waals surface area (Å²) in [5, 5.41) is 5.00. The minimum Gasteiger partial charge on any atom is -0.492 e. The highest BCUT2D eigenvalue weighted by molar-refractivity contribution is 6.35. The van der Waals surface area contributed by atoms with Crippen molar-refractivity contribution >= 4 is 40.6 Å². The largest absolute Gasteiger partial charge is 0.492 e. The second kappa shape index (κ2) is 8.89. The summed E-state index contributed by atoms with van der Waals surface area (Å²) in [7, 11) is 0. The molecule has 23 heavy (non-hydrogen) atoms. The number of carbonyl (C=O) groups excluding carboxylic acids is 2. The normalized spacial score (nSPS) is 16.4. The van der Waals surface area contributed by atoms with Gasteiger partial charge >= 0.3 is 0 Å². The van der Waals surface area contributed by atoms with Crippen LogP contribution in [0.3, 0.4) is 0 Å². The smallest absolute Gasteiger partial charge is 0.240 e. The molecule has 0 bridgehead atoms. The topological polar surface area (TPSA) is 67.8 Å². The van der Waals surface area contributed by atoms with Gasteiger partial charge in [0.1, 0.15) is 11.5 Å². The molecule has 7 heteroatoms. The quantitative estimate of drug-likeness (QED) is 0.623. The van der Waals surface area contributed by atoms with Crippen molar-refractivity contribution < 1.29 is 14.3 Å². The third-order valence-corrected chi connectivity index (χ3v) is 3.89. The van der Waals surface area contributed by atoms with Crippen molar-refractivity contribution in [3.8, 4) is 5.75 Å². The van der Waals surface area contributed by atoms with E-state index < -0.39 is 0 Å². The Morgan fingerprint density at radius 2 is 2.13 bits per heavy atom. The van der Waals surface area contributed by atoms with Crippen LogP contribution in [-0.4, -0.2) is 24.0 Å². The number of benzene rings is 1. The summed E-state index contributed by atoms with van der Waals surface area (Å²) in [5.74, 6) is 0.524. The number of rotatable bonds is 6. The van der Waals surface area contributed by atoms with Gasteiger partial charge in [-0.05, 0) is 37.5 Å². The Bertz CT molecular complexity index is 617. The van der Waals surface area contributed by atoms with Gasteiger partial charge in [-0.15, -0.1) is 0 Å². The fourth-order valence-electron chi connectivity index (χ4n) is 2.19. The molecule has 0 spiro atoms. The molecule has 1 aromatic carbocycles. The third-order valence-electron chi connectivity index (χ3n) is 3.36. The van der Waals surface area contributed by atoms with E-state index in [0.29, 0.717) is 41.7 Å². The molecule has 0 unspecified atom stereocenters. The predicted molar refractivity (Wildman–Crippen MR) is 90.2 cm³/mol. The number of nitrogens with zero attached hydrogens (tertiary/aromatic N) is 1. The number of ether oxygens (including phenoxy) is 1. The molecule has 0 aliphatic heterocycles. The van der Waals surface area contributed by atoms with E-state index in [1.807, 2.05) is 0 Å². The average molecular weight is 357 g/mol. The number of hydrogen-bond acceptors (Lipinski definition) is 4. The van der Waals surface area contributed by atoms with Crippen LogP contribution in [0.15, 0.2) is 23.3 Å². The molecule has 1 fully saturated rings. The zero-order valence-corrected chi connectivity index (χ0v) is 14.1. The monoisotopic (exact) mass is 356 g/mol. The number of hydrazone groups is 1. The second-order valence-electron chi connectivity index (χ2n) is 5.31. The summed E-state index contributed by atoms with van der Waals surface area (Å²) < 4.78 is 5.50. The summed E-state index contributed by atoms with van der Waals surface area (Å²) in [6, 6.07) is 4.99. The molecule has 0 saturated heterocycles. The summed E-state index contributed by atoms with van der Waals surface area (Å²) in [6.45, 7) is 0.365. The summed E-state index contributed by atoms with van der Waals surface area (Å²) in [5.41, 5.74) is 3.24. The zero-order valence-electron chi connectivity index (χ0n) is 12.6. The highest BCUT2D eigenvalue weighted by Crippen LogP contribution is 2.27. The number of ketones is 1. The molecule has 1 saturated carbocycles. The van der Waals surface area contributed by atoms with E-state index in [-0.39, 0.29) is 18.1 Å². The van der Waals surface area contributed by atoms with E-state index in [1.165, 1.54) is 0 Å². The van der Waals surface area contributed by atoms with E-state index in [9.17, 15) is 9.59 Å². The average Bonchev–Trinajstić information content (AvgIpc) is 2.51. The van der Waals surface area contributed by atoms with Gasteiger partial charge in [0.2, 0.25) is 5.91 Å². The van der Waals surface area contributed by atoms with Crippen molar-refractivity contribution in [1.29, 1.82) is 0 Å². The number of amides is 1. The van der Waals surface area contributed by atoms with Crippen LogP contribution in [0.5, 0.6) is 5.75 Å². The lowest BCUT2D eigenvalue weighted by molar-refractivity contribution is -0.121. The van der Waals surface area contributed by atoms with E-state index in [2.05, 4.69) is 10.5 Å². The Morgan fingerprint density at radius 3 is 2.87 bits per heavy atom. The van der Waals surface area contributed by atoms with E-state index in [4.69, 9.17) is 27.9 Å². The summed E-state index contributed by atoms with van der Waals surface area (Å²) >= 11 is 11.8. The van der Waals surface area contributed by atoms with Gasteiger partial charge in [0, 0.05) is 30.0 Å². The molecule has 2 rings (SSSR count). The molecule has 0 heterocycles. The van der Waals surface area contributed by atoms with Gasteiger partial charge in [0.15, 0.2) is 0 Å². The van der Waals surface area contributed by atoms with Gasteiger partial charge in [0.05, 0.1) is 11.6 Å². The van der Waals surface area contributed by atoms with E-state index >= 15 is 0 Å². The molecule has 1 aliphatic carbocycles. The van der Waals surface area contributed by atoms with Crippen molar-refractivity contribution in [1.82, 2.24) is 5.43 Å². The van der Waals surface area contributed by atoms with Gasteiger partial charge in [-0.25, -0.2) is 5.43 Å². The van der Waals surface area contributed by atoms with E-state index in [1.54, 1.807) is 18.2 Å². The lowest BCUT2D eigenvalue weighted by Crippen LogP contribution is -2.23. The molecule has 0 radical (unpaired) electrons. The van der Waals surface area contributed by atoms with Crippen molar-refractivity contribution in [2.45, 2.75) is 38.5 Å². The fourth-order valence-corrected chi connectivity index (χ4v) is 2.66. The first-order valence-corrected chi connectivity index (χ1v) is 8.24. The first-order chi connectivity index (χ1) is 11.0. The number of halogens is 2. The Hall–Kier alpha value is -1.59. The summed E-state index contributed by atoms with van der Waals surface area (Å²) in [4.78, 5) is 23.0. The Balaban J connectivity index is 1.66. The minimum absolute atomic E-state index is 0.178. The van der Waals surface area contributed by atoms with Crippen LogP contribution in [0.4, 0.5) is 0 Å². The highest BCUT2D eigenvalue weighted by Gasteiger charge is 2.14. The molecular formula is C16H18Cl2N2O3. The maximum Gasteiger partial charge on any atom is 0.240 e. The molecule has 124 valence electrons. The Morgan fingerprint density at radius 1 is 1.30 bits per heavy atom. The van der Waals surface area contributed by atoms with Crippen molar-refractivity contribution in [2.24, 2.45) is 5.10 Å². The minimum atomic E-state index is -0.193. The standard InChI is InChI=1S/C16H18Cl2N2O3/c17-11-6-7-15(14(18)9-11)23-8-2-5-16(22)20-19-12-3-1-4-13(21)10-12/h6-7,9H,1-5,8,10H2,(H,20,22)/b19-12-. The van der Waals surface area contributed by atoms with Crippen LogP contribution in [-0.2, 0) is 9.59 Å². The third kappa shape index (κ3) is 6.20. The lowest BCUT2D eigenvalue weighted by Gasteiger charge is -2.11. The number of hydrogen-bond donors (Lipinski definition) is 1. The van der Waals surface area contributed by atoms with Crippen LogP contribution in [0.2, 0.25) is 10.0 Å². The first-order valence-electron chi connectivity index (χ1n) is 7.48. The van der Waals surface area contributed by atoms with E-state index in [0.717, 1.165) is 18.6 Å².